The van der Waals surface area contributed by atoms with Gasteiger partial charge in [-0.25, -0.2) is 14.4 Å². The van der Waals surface area contributed by atoms with E-state index in [9.17, 15) is 4.39 Å². The molecule has 3 rings (SSSR count). The third-order valence-electron chi connectivity index (χ3n) is 3.57. The molecule has 1 N–H and O–H groups in total. The van der Waals surface area contributed by atoms with Crippen LogP contribution in [0.4, 0.5) is 4.39 Å². The Labute approximate surface area is 122 Å². The lowest BCUT2D eigenvalue weighted by Crippen LogP contribution is -2.26. The molecule has 0 bridgehead atoms. The normalized spacial score (nSPS) is 14.2. The van der Waals surface area contributed by atoms with Crippen LogP contribution in [-0.2, 0) is 19.4 Å². The van der Waals surface area contributed by atoms with Crippen LogP contribution in [0.2, 0.25) is 5.02 Å². The average molecular weight is 292 g/mol. The SMILES string of the molecule is Cc1nc(Cc2cccc(Cl)c2F)nc2c1CCNC2. The van der Waals surface area contributed by atoms with Crippen molar-refractivity contribution in [2.75, 3.05) is 6.54 Å². The summed E-state index contributed by atoms with van der Waals surface area (Å²) < 4.78 is 13.9. The number of rotatable bonds is 2. The van der Waals surface area contributed by atoms with Crippen molar-refractivity contribution in [1.29, 1.82) is 0 Å². The third kappa shape index (κ3) is 2.53. The largest absolute Gasteiger partial charge is 0.311 e. The van der Waals surface area contributed by atoms with Crippen LogP contribution in [0.5, 0.6) is 0 Å². The molecule has 0 amide bonds. The molecule has 2 aromatic rings. The fourth-order valence-corrected chi connectivity index (χ4v) is 2.74. The zero-order valence-corrected chi connectivity index (χ0v) is 12.0. The summed E-state index contributed by atoms with van der Waals surface area (Å²) in [7, 11) is 0. The number of halogens is 2. The fourth-order valence-electron chi connectivity index (χ4n) is 2.54. The standard InChI is InChI=1S/C15H15ClFN3/c1-9-11-5-6-18-8-13(11)20-14(19-9)7-10-3-2-4-12(16)15(10)17/h2-4,18H,5-8H2,1H3. The maximum Gasteiger partial charge on any atom is 0.145 e. The Morgan fingerprint density at radius 2 is 2.20 bits per heavy atom. The highest BCUT2D eigenvalue weighted by Crippen LogP contribution is 2.21. The van der Waals surface area contributed by atoms with Crippen LogP contribution in [0, 0.1) is 12.7 Å². The predicted molar refractivity (Wildman–Crippen MR) is 76.4 cm³/mol. The van der Waals surface area contributed by atoms with Crippen molar-refractivity contribution in [3.05, 3.63) is 57.4 Å². The van der Waals surface area contributed by atoms with Crippen LogP contribution in [0.3, 0.4) is 0 Å². The predicted octanol–water partition coefficient (Wildman–Crippen LogP) is 2.81. The number of nitrogens with one attached hydrogen (secondary N) is 1. The van der Waals surface area contributed by atoms with Gasteiger partial charge < -0.3 is 5.32 Å². The Morgan fingerprint density at radius 3 is 3.05 bits per heavy atom. The number of benzene rings is 1. The molecule has 104 valence electrons. The average Bonchev–Trinajstić information content (AvgIpc) is 2.44. The highest BCUT2D eigenvalue weighted by molar-refractivity contribution is 6.30. The third-order valence-corrected chi connectivity index (χ3v) is 3.86. The molecule has 5 heteroatoms. The van der Waals surface area contributed by atoms with Gasteiger partial charge in [-0.2, -0.15) is 0 Å². The zero-order chi connectivity index (χ0) is 14.1. The van der Waals surface area contributed by atoms with E-state index in [2.05, 4.69) is 15.3 Å². The number of fused-ring (bicyclic) bond motifs is 1. The Hall–Kier alpha value is -1.52. The summed E-state index contributed by atoms with van der Waals surface area (Å²) in [6, 6.07) is 5.01. The molecule has 1 aromatic carbocycles. The van der Waals surface area contributed by atoms with Crippen LogP contribution >= 0.6 is 11.6 Å². The highest BCUT2D eigenvalue weighted by Gasteiger charge is 2.16. The minimum atomic E-state index is -0.383. The molecule has 1 aliphatic heterocycles. The van der Waals surface area contributed by atoms with Gasteiger partial charge in [0.05, 0.1) is 10.7 Å². The lowest BCUT2D eigenvalue weighted by Gasteiger charge is -2.18. The summed E-state index contributed by atoms with van der Waals surface area (Å²) in [5.74, 6) is 0.261. The minimum absolute atomic E-state index is 0.138. The first-order valence-corrected chi connectivity index (χ1v) is 7.02. The number of aromatic nitrogens is 2. The van der Waals surface area contributed by atoms with Gasteiger partial charge in [0.1, 0.15) is 11.6 Å². The second-order valence-corrected chi connectivity index (χ2v) is 5.37. The van der Waals surface area contributed by atoms with Gasteiger partial charge in [0.2, 0.25) is 0 Å². The van der Waals surface area contributed by atoms with Crippen molar-refractivity contribution in [2.24, 2.45) is 0 Å². The van der Waals surface area contributed by atoms with E-state index in [0.717, 1.165) is 30.9 Å². The maximum atomic E-state index is 13.9. The van der Waals surface area contributed by atoms with Gasteiger partial charge in [0.15, 0.2) is 0 Å². The quantitative estimate of drug-likeness (QED) is 0.924. The van der Waals surface area contributed by atoms with Crippen LogP contribution in [-0.4, -0.2) is 16.5 Å². The molecule has 1 aliphatic rings. The Bertz CT molecular complexity index is 658. The molecule has 0 unspecified atom stereocenters. The second-order valence-electron chi connectivity index (χ2n) is 4.97. The zero-order valence-electron chi connectivity index (χ0n) is 11.2. The first-order valence-electron chi connectivity index (χ1n) is 6.64. The minimum Gasteiger partial charge on any atom is -0.311 e. The van der Waals surface area contributed by atoms with Gasteiger partial charge >= 0.3 is 0 Å². The number of hydrogen-bond donors (Lipinski definition) is 1. The van der Waals surface area contributed by atoms with Crippen molar-refractivity contribution >= 4 is 11.6 Å². The van der Waals surface area contributed by atoms with E-state index in [1.165, 1.54) is 5.56 Å². The Kier molecular flexibility index (Phi) is 3.68. The molecule has 1 aromatic heterocycles. The van der Waals surface area contributed by atoms with E-state index in [1.807, 2.05) is 6.92 Å². The molecule has 20 heavy (non-hydrogen) atoms. The fraction of sp³-hybridized carbons (Fsp3) is 0.333. The van der Waals surface area contributed by atoms with Crippen LogP contribution in [0.25, 0.3) is 0 Å². The van der Waals surface area contributed by atoms with Gasteiger partial charge in [-0.1, -0.05) is 23.7 Å². The number of hydrogen-bond acceptors (Lipinski definition) is 3. The molecule has 0 atom stereocenters. The molecular weight excluding hydrogens is 277 g/mol. The van der Waals surface area contributed by atoms with Gasteiger partial charge in [0.25, 0.3) is 0 Å². The first kappa shape index (κ1) is 13.5. The topological polar surface area (TPSA) is 37.8 Å². The van der Waals surface area contributed by atoms with Crippen molar-refractivity contribution < 1.29 is 4.39 Å². The van der Waals surface area contributed by atoms with Crippen LogP contribution in [0.1, 0.15) is 28.3 Å². The second kappa shape index (κ2) is 5.46. The molecule has 2 heterocycles. The summed E-state index contributed by atoms with van der Waals surface area (Å²) in [6.07, 6.45) is 1.31. The first-order chi connectivity index (χ1) is 9.65. The maximum absolute atomic E-state index is 13.9. The summed E-state index contributed by atoms with van der Waals surface area (Å²) in [5.41, 5.74) is 3.77. The van der Waals surface area contributed by atoms with E-state index in [-0.39, 0.29) is 10.8 Å². The van der Waals surface area contributed by atoms with E-state index in [1.54, 1.807) is 18.2 Å². The summed E-state index contributed by atoms with van der Waals surface area (Å²) in [6.45, 7) is 3.70. The molecular formula is C15H15ClFN3. The van der Waals surface area contributed by atoms with E-state index < -0.39 is 0 Å². The highest BCUT2D eigenvalue weighted by atomic mass is 35.5. The molecule has 0 saturated heterocycles. The monoisotopic (exact) mass is 291 g/mol. The molecule has 3 nitrogen and oxygen atoms in total. The van der Waals surface area contributed by atoms with Crippen molar-refractivity contribution in [3.63, 3.8) is 0 Å². The molecule has 0 saturated carbocycles. The Morgan fingerprint density at radius 1 is 1.35 bits per heavy atom. The lowest BCUT2D eigenvalue weighted by atomic mass is 10.0. The van der Waals surface area contributed by atoms with E-state index in [4.69, 9.17) is 11.6 Å². The molecule has 0 fully saturated rings. The van der Waals surface area contributed by atoms with Crippen molar-refractivity contribution in [2.45, 2.75) is 26.3 Å². The van der Waals surface area contributed by atoms with Crippen LogP contribution < -0.4 is 5.32 Å². The molecule has 0 radical (unpaired) electrons. The van der Waals surface area contributed by atoms with E-state index in [0.29, 0.717) is 17.8 Å². The van der Waals surface area contributed by atoms with Gasteiger partial charge in [-0.05, 0) is 37.1 Å². The van der Waals surface area contributed by atoms with E-state index >= 15 is 0 Å². The van der Waals surface area contributed by atoms with Crippen molar-refractivity contribution in [1.82, 2.24) is 15.3 Å². The summed E-state index contributed by atoms with van der Waals surface area (Å²) in [4.78, 5) is 9.06. The number of nitrogens with zero attached hydrogens (tertiary/aromatic N) is 2. The summed E-state index contributed by atoms with van der Waals surface area (Å²) in [5, 5.41) is 3.43. The van der Waals surface area contributed by atoms with Gasteiger partial charge in [-0.15, -0.1) is 0 Å². The van der Waals surface area contributed by atoms with Crippen LogP contribution in [0.15, 0.2) is 18.2 Å². The van der Waals surface area contributed by atoms with Crippen molar-refractivity contribution in [3.8, 4) is 0 Å². The molecule has 0 aliphatic carbocycles. The summed E-state index contributed by atoms with van der Waals surface area (Å²) >= 11 is 5.80. The van der Waals surface area contributed by atoms with Gasteiger partial charge in [0, 0.05) is 18.7 Å². The molecule has 0 spiro atoms. The lowest BCUT2D eigenvalue weighted by molar-refractivity contribution is 0.603. The number of aryl methyl sites for hydroxylation is 1. The Balaban J connectivity index is 1.95. The smallest absolute Gasteiger partial charge is 0.145 e. The van der Waals surface area contributed by atoms with Gasteiger partial charge in [-0.3, -0.25) is 0 Å².